The summed E-state index contributed by atoms with van der Waals surface area (Å²) in [5.41, 5.74) is 0. The van der Waals surface area contributed by atoms with Crippen molar-refractivity contribution < 1.29 is 0 Å². The number of amidine groups is 1. The van der Waals surface area contributed by atoms with Gasteiger partial charge in [0.25, 0.3) is 0 Å². The second kappa shape index (κ2) is 5.19. The van der Waals surface area contributed by atoms with Gasteiger partial charge in [-0.25, -0.2) is 4.98 Å². The summed E-state index contributed by atoms with van der Waals surface area (Å²) in [6.45, 7) is 6.56. The van der Waals surface area contributed by atoms with Gasteiger partial charge in [0, 0.05) is 17.3 Å². The van der Waals surface area contributed by atoms with Crippen molar-refractivity contribution in [1.29, 1.82) is 0 Å². The lowest BCUT2D eigenvalue weighted by Gasteiger charge is -2.25. The van der Waals surface area contributed by atoms with E-state index in [1.54, 1.807) is 11.3 Å². The molecule has 3 unspecified atom stereocenters. The zero-order chi connectivity index (χ0) is 11.5. The molecule has 16 heavy (non-hydrogen) atoms. The van der Waals surface area contributed by atoms with Crippen molar-refractivity contribution in [2.45, 2.75) is 32.9 Å². The van der Waals surface area contributed by atoms with Crippen LogP contribution in [0.25, 0.3) is 0 Å². The smallest absolute Gasteiger partial charge is 0.157 e. The molecule has 1 aliphatic rings. The quantitative estimate of drug-likeness (QED) is 0.883. The third-order valence-corrected chi connectivity index (χ3v) is 4.94. The third kappa shape index (κ3) is 2.77. The van der Waals surface area contributed by atoms with Crippen molar-refractivity contribution in [2.24, 2.45) is 10.9 Å². The maximum absolute atomic E-state index is 4.66. The van der Waals surface area contributed by atoms with E-state index in [0.29, 0.717) is 12.0 Å². The van der Waals surface area contributed by atoms with Crippen LogP contribution in [-0.2, 0) is 0 Å². The van der Waals surface area contributed by atoms with Crippen molar-refractivity contribution in [2.75, 3.05) is 5.75 Å². The van der Waals surface area contributed by atoms with Crippen molar-refractivity contribution in [3.05, 3.63) is 16.6 Å². The highest BCUT2D eigenvalue weighted by Gasteiger charge is 2.20. The van der Waals surface area contributed by atoms with Crippen LogP contribution in [0.2, 0.25) is 0 Å². The van der Waals surface area contributed by atoms with Gasteiger partial charge < -0.3 is 5.32 Å². The van der Waals surface area contributed by atoms with Gasteiger partial charge in [-0.15, -0.1) is 11.3 Å². The van der Waals surface area contributed by atoms with Crippen LogP contribution >= 0.6 is 23.1 Å². The molecule has 3 atom stereocenters. The van der Waals surface area contributed by atoms with Crippen molar-refractivity contribution >= 4 is 28.3 Å². The zero-order valence-electron chi connectivity index (χ0n) is 9.80. The molecule has 0 radical (unpaired) electrons. The minimum absolute atomic E-state index is 0.256. The molecule has 0 amide bonds. The summed E-state index contributed by atoms with van der Waals surface area (Å²) in [4.78, 5) is 8.97. The fraction of sp³-hybridized carbons (Fsp3) is 0.636. The predicted molar refractivity (Wildman–Crippen MR) is 72.2 cm³/mol. The molecule has 5 heteroatoms. The summed E-state index contributed by atoms with van der Waals surface area (Å²) in [6, 6.07) is 0.680. The van der Waals surface area contributed by atoms with Gasteiger partial charge in [0.15, 0.2) is 5.17 Å². The maximum Gasteiger partial charge on any atom is 0.157 e. The second-order valence-electron chi connectivity index (χ2n) is 4.20. The number of aliphatic imine (C=N–C) groups is 1. The first-order chi connectivity index (χ1) is 7.66. The minimum atomic E-state index is 0.256. The van der Waals surface area contributed by atoms with Gasteiger partial charge in [0.2, 0.25) is 0 Å². The molecule has 88 valence electrons. The van der Waals surface area contributed by atoms with Crippen LogP contribution in [0.5, 0.6) is 0 Å². The number of thiazole rings is 1. The highest BCUT2D eigenvalue weighted by molar-refractivity contribution is 8.13. The van der Waals surface area contributed by atoms with Crippen molar-refractivity contribution in [1.82, 2.24) is 10.3 Å². The molecule has 0 spiro atoms. The monoisotopic (exact) mass is 255 g/mol. The predicted octanol–water partition coefficient (Wildman–Crippen LogP) is 2.92. The fourth-order valence-corrected chi connectivity index (χ4v) is 3.32. The first-order valence-electron chi connectivity index (χ1n) is 5.53. The number of hydrogen-bond acceptors (Lipinski definition) is 5. The summed E-state index contributed by atoms with van der Waals surface area (Å²) in [6.07, 6.45) is 1.85. The summed E-state index contributed by atoms with van der Waals surface area (Å²) in [5.74, 6) is 1.82. The Hall–Kier alpha value is -0.550. The molecule has 0 saturated carbocycles. The Morgan fingerprint density at radius 1 is 1.50 bits per heavy atom. The van der Waals surface area contributed by atoms with Crippen molar-refractivity contribution in [3.8, 4) is 0 Å². The molecule has 3 nitrogen and oxygen atoms in total. The van der Waals surface area contributed by atoms with Crippen LogP contribution in [0.1, 0.15) is 31.8 Å². The molecular formula is C11H17N3S2. The van der Waals surface area contributed by atoms with E-state index in [1.165, 1.54) is 0 Å². The maximum atomic E-state index is 4.66. The SMILES string of the molecule is CC(NC1=NC(C)C(C)CS1)c1nccs1. The summed E-state index contributed by atoms with van der Waals surface area (Å²) < 4.78 is 0. The largest absolute Gasteiger partial charge is 0.356 e. The van der Waals surface area contributed by atoms with E-state index >= 15 is 0 Å². The molecule has 1 aromatic rings. The molecule has 0 saturated heterocycles. The average molecular weight is 255 g/mol. The summed E-state index contributed by atoms with van der Waals surface area (Å²) in [7, 11) is 0. The Kier molecular flexibility index (Phi) is 3.86. The summed E-state index contributed by atoms with van der Waals surface area (Å²) in [5, 5.41) is 7.62. The van der Waals surface area contributed by atoms with Crippen LogP contribution in [-0.4, -0.2) is 21.9 Å². The zero-order valence-corrected chi connectivity index (χ0v) is 11.4. The Morgan fingerprint density at radius 3 is 2.94 bits per heavy atom. The van der Waals surface area contributed by atoms with Gasteiger partial charge in [0.1, 0.15) is 5.01 Å². The second-order valence-corrected chi connectivity index (χ2v) is 6.13. The molecular weight excluding hydrogens is 238 g/mol. The number of hydrogen-bond donors (Lipinski definition) is 1. The average Bonchev–Trinajstić information content (AvgIpc) is 2.77. The van der Waals surface area contributed by atoms with Crippen LogP contribution in [0.4, 0.5) is 0 Å². The molecule has 0 fully saturated rings. The van der Waals surface area contributed by atoms with Gasteiger partial charge in [-0.1, -0.05) is 18.7 Å². The molecule has 1 N–H and O–H groups in total. The summed E-state index contributed by atoms with van der Waals surface area (Å²) >= 11 is 3.50. The van der Waals surface area contributed by atoms with Crippen LogP contribution in [0, 0.1) is 5.92 Å². The van der Waals surface area contributed by atoms with Gasteiger partial charge in [-0.3, -0.25) is 4.99 Å². The van der Waals surface area contributed by atoms with E-state index in [9.17, 15) is 0 Å². The Morgan fingerprint density at radius 2 is 2.31 bits per heavy atom. The molecule has 1 aliphatic heterocycles. The van der Waals surface area contributed by atoms with Gasteiger partial charge in [-0.2, -0.15) is 0 Å². The molecule has 2 rings (SSSR count). The van der Waals surface area contributed by atoms with Crippen LogP contribution in [0.3, 0.4) is 0 Å². The molecule has 2 heterocycles. The van der Waals surface area contributed by atoms with E-state index in [-0.39, 0.29) is 6.04 Å². The first-order valence-corrected chi connectivity index (χ1v) is 7.40. The normalized spacial score (nSPS) is 27.3. The van der Waals surface area contributed by atoms with E-state index in [4.69, 9.17) is 0 Å². The number of nitrogens with one attached hydrogen (secondary N) is 1. The minimum Gasteiger partial charge on any atom is -0.356 e. The third-order valence-electron chi connectivity index (χ3n) is 2.79. The molecule has 0 bridgehead atoms. The van der Waals surface area contributed by atoms with Gasteiger partial charge in [0.05, 0.1) is 12.1 Å². The van der Waals surface area contributed by atoms with E-state index in [1.807, 2.05) is 23.3 Å². The van der Waals surface area contributed by atoms with Crippen LogP contribution < -0.4 is 5.32 Å². The number of rotatable bonds is 2. The van der Waals surface area contributed by atoms with E-state index in [2.05, 4.69) is 36.1 Å². The van der Waals surface area contributed by atoms with Crippen LogP contribution in [0.15, 0.2) is 16.6 Å². The highest BCUT2D eigenvalue weighted by atomic mass is 32.2. The molecule has 1 aromatic heterocycles. The Bertz CT molecular complexity index is 361. The molecule has 0 aliphatic carbocycles. The fourth-order valence-electron chi connectivity index (χ4n) is 1.47. The highest BCUT2D eigenvalue weighted by Crippen LogP contribution is 2.23. The number of thioether (sulfide) groups is 1. The van der Waals surface area contributed by atoms with E-state index < -0.39 is 0 Å². The van der Waals surface area contributed by atoms with E-state index in [0.717, 1.165) is 15.9 Å². The topological polar surface area (TPSA) is 37.3 Å². The van der Waals surface area contributed by atoms with Gasteiger partial charge in [-0.05, 0) is 19.8 Å². The van der Waals surface area contributed by atoms with Crippen molar-refractivity contribution in [3.63, 3.8) is 0 Å². The Labute approximate surface area is 105 Å². The number of nitrogens with zero attached hydrogens (tertiary/aromatic N) is 2. The first kappa shape index (κ1) is 11.9. The lowest BCUT2D eigenvalue weighted by atomic mass is 10.1. The number of aromatic nitrogens is 1. The standard InChI is InChI=1S/C11H17N3S2/c1-7-6-16-11(13-8(7)2)14-9(3)10-12-4-5-15-10/h4-5,7-9H,6H2,1-3H3,(H,13,14). The lowest BCUT2D eigenvalue weighted by molar-refractivity contribution is 0.532. The van der Waals surface area contributed by atoms with Gasteiger partial charge >= 0.3 is 0 Å². The lowest BCUT2D eigenvalue weighted by Crippen LogP contribution is -2.31. The Balaban J connectivity index is 1.98. The molecule has 0 aromatic carbocycles.